The predicted octanol–water partition coefficient (Wildman–Crippen LogP) is 6.60. The molecule has 5 unspecified atom stereocenters. The van der Waals surface area contributed by atoms with Crippen LogP contribution in [0.25, 0.3) is 0 Å². The van der Waals surface area contributed by atoms with Gasteiger partial charge in [0.15, 0.2) is 5.82 Å². The Morgan fingerprint density at radius 3 is 2.45 bits per heavy atom. The van der Waals surface area contributed by atoms with Crippen LogP contribution in [0.2, 0.25) is 0 Å². The quantitative estimate of drug-likeness (QED) is 0.399. The van der Waals surface area contributed by atoms with Crippen molar-refractivity contribution in [3.63, 3.8) is 0 Å². The minimum atomic E-state index is -0.0797. The molecular weight excluding hydrogens is 468 g/mol. The summed E-state index contributed by atoms with van der Waals surface area (Å²) in [5.41, 5.74) is 6.58. The second kappa shape index (κ2) is 8.23. The zero-order chi connectivity index (χ0) is 26.2. The maximum Gasteiger partial charge on any atom is 0.157 e. The van der Waals surface area contributed by atoms with E-state index in [1.54, 1.807) is 6.33 Å². The fraction of sp³-hybridized carbons (Fsp3) is 0.438. The molecule has 0 N–H and O–H groups in total. The van der Waals surface area contributed by atoms with Gasteiger partial charge in [-0.05, 0) is 54.9 Å². The Morgan fingerprint density at radius 2 is 1.66 bits per heavy atom. The highest BCUT2D eigenvalue weighted by Gasteiger charge is 2.65. The molecule has 4 aliphatic rings. The van der Waals surface area contributed by atoms with Crippen molar-refractivity contribution >= 4 is 22.9 Å². The molecule has 6 heteroatoms. The van der Waals surface area contributed by atoms with Crippen molar-refractivity contribution in [3.8, 4) is 0 Å². The average Bonchev–Trinajstić information content (AvgIpc) is 3.41. The average molecular weight is 507 g/mol. The first-order valence-corrected chi connectivity index (χ1v) is 14.2. The molecule has 7 rings (SSSR count). The van der Waals surface area contributed by atoms with Crippen LogP contribution in [0.4, 0.5) is 22.9 Å². The summed E-state index contributed by atoms with van der Waals surface area (Å²) in [4.78, 5) is 19.2. The number of fused-ring (bicyclic) bond motifs is 8. The van der Waals surface area contributed by atoms with Gasteiger partial charge in [0.05, 0.1) is 6.20 Å². The Hall–Kier alpha value is -3.54. The Bertz CT molecular complexity index is 1420. The number of para-hydroxylation sites is 2. The van der Waals surface area contributed by atoms with Crippen LogP contribution >= 0.6 is 0 Å². The summed E-state index contributed by atoms with van der Waals surface area (Å²) in [6.07, 6.45) is 13.1. The Labute approximate surface area is 226 Å². The highest BCUT2D eigenvalue weighted by Crippen LogP contribution is 2.68. The molecule has 0 spiro atoms. The minimum Gasteiger partial charge on any atom is -0.359 e. The van der Waals surface area contributed by atoms with E-state index in [1.165, 1.54) is 22.5 Å². The number of hydrogen-bond donors (Lipinski definition) is 0. The van der Waals surface area contributed by atoms with Crippen LogP contribution < -0.4 is 14.7 Å². The SMILES string of the molecule is CCC1(C)c2ccccc2N2c3cncnc3N(C)C2C1(CC)C1CCC2N(C)C=CN2c2ccccc21. The summed E-state index contributed by atoms with van der Waals surface area (Å²) in [7, 11) is 4.47. The van der Waals surface area contributed by atoms with Gasteiger partial charge in [-0.25, -0.2) is 9.97 Å². The molecule has 5 heterocycles. The van der Waals surface area contributed by atoms with E-state index < -0.39 is 0 Å². The van der Waals surface area contributed by atoms with Gasteiger partial charge in [0.25, 0.3) is 0 Å². The molecule has 0 saturated carbocycles. The number of nitrogens with zero attached hydrogens (tertiary/aromatic N) is 6. The molecule has 0 radical (unpaired) electrons. The normalized spacial score (nSPS) is 30.9. The molecule has 3 aromatic rings. The van der Waals surface area contributed by atoms with Gasteiger partial charge < -0.3 is 19.6 Å². The Kier molecular flexibility index (Phi) is 5.10. The van der Waals surface area contributed by atoms with Gasteiger partial charge in [-0.3, -0.25) is 0 Å². The maximum atomic E-state index is 4.82. The number of benzene rings is 2. The molecule has 1 aromatic heterocycles. The molecular formula is C32H38N6. The third-order valence-corrected chi connectivity index (χ3v) is 10.6. The summed E-state index contributed by atoms with van der Waals surface area (Å²) in [5.74, 6) is 1.40. The van der Waals surface area contributed by atoms with E-state index in [4.69, 9.17) is 4.98 Å². The molecule has 38 heavy (non-hydrogen) atoms. The fourth-order valence-electron chi connectivity index (χ4n) is 8.78. The molecule has 0 saturated heterocycles. The molecule has 0 aliphatic carbocycles. The van der Waals surface area contributed by atoms with Crippen molar-refractivity contribution in [1.29, 1.82) is 0 Å². The smallest absolute Gasteiger partial charge is 0.157 e. The van der Waals surface area contributed by atoms with Gasteiger partial charge in [0.2, 0.25) is 0 Å². The van der Waals surface area contributed by atoms with Gasteiger partial charge in [-0.1, -0.05) is 57.2 Å². The minimum absolute atomic E-state index is 0.0441. The van der Waals surface area contributed by atoms with Crippen LogP contribution in [0.1, 0.15) is 63.5 Å². The van der Waals surface area contributed by atoms with E-state index in [9.17, 15) is 0 Å². The lowest BCUT2D eigenvalue weighted by molar-refractivity contribution is 0.0340. The van der Waals surface area contributed by atoms with E-state index in [-0.39, 0.29) is 17.0 Å². The lowest BCUT2D eigenvalue weighted by atomic mass is 9.48. The van der Waals surface area contributed by atoms with Crippen molar-refractivity contribution < 1.29 is 0 Å². The lowest BCUT2D eigenvalue weighted by Gasteiger charge is -2.63. The number of aromatic nitrogens is 2. The number of rotatable bonds is 3. The number of hydrogen-bond acceptors (Lipinski definition) is 6. The van der Waals surface area contributed by atoms with Crippen LogP contribution in [0.3, 0.4) is 0 Å². The van der Waals surface area contributed by atoms with E-state index in [2.05, 4.69) is 120 Å². The van der Waals surface area contributed by atoms with Gasteiger partial charge in [0, 0.05) is 48.7 Å². The topological polar surface area (TPSA) is 38.7 Å². The Morgan fingerprint density at radius 1 is 0.895 bits per heavy atom. The van der Waals surface area contributed by atoms with E-state index >= 15 is 0 Å². The standard InChI is InChI=1S/C32H38N6/c1-6-31(3)24-13-9-11-15-26(24)38-27-20-33-21-34-29(27)36(5)30(38)32(31,7-2)23-16-17-28-35(4)18-19-37(28)25-14-10-8-12-22(23)25/h8-15,18-21,23,28,30H,6-7,16-17H2,1-5H3. The lowest BCUT2D eigenvalue weighted by Crippen LogP contribution is -2.65. The van der Waals surface area contributed by atoms with Crippen LogP contribution in [-0.4, -0.2) is 41.3 Å². The zero-order valence-corrected chi connectivity index (χ0v) is 23.2. The van der Waals surface area contributed by atoms with Crippen molar-refractivity contribution in [2.45, 2.75) is 70.1 Å². The first kappa shape index (κ1) is 23.6. The first-order chi connectivity index (χ1) is 18.5. The summed E-state index contributed by atoms with van der Waals surface area (Å²) in [6, 6.07) is 18.3. The predicted molar refractivity (Wildman–Crippen MR) is 155 cm³/mol. The van der Waals surface area contributed by atoms with E-state index in [0.717, 1.165) is 37.2 Å². The first-order valence-electron chi connectivity index (χ1n) is 14.2. The molecule has 196 valence electrons. The second-order valence-electron chi connectivity index (χ2n) is 11.7. The molecule has 0 bridgehead atoms. The highest BCUT2D eigenvalue weighted by atomic mass is 15.5. The van der Waals surface area contributed by atoms with Crippen LogP contribution in [0.15, 0.2) is 73.5 Å². The molecule has 5 atom stereocenters. The van der Waals surface area contributed by atoms with Crippen LogP contribution in [0.5, 0.6) is 0 Å². The maximum absolute atomic E-state index is 4.82. The van der Waals surface area contributed by atoms with Crippen molar-refractivity contribution in [3.05, 3.63) is 84.6 Å². The fourth-order valence-corrected chi connectivity index (χ4v) is 8.78. The summed E-state index contributed by atoms with van der Waals surface area (Å²) >= 11 is 0. The molecule has 0 amide bonds. The van der Waals surface area contributed by atoms with Crippen molar-refractivity contribution in [1.82, 2.24) is 14.9 Å². The van der Waals surface area contributed by atoms with Crippen LogP contribution in [0, 0.1) is 5.41 Å². The van der Waals surface area contributed by atoms with E-state index in [1.807, 2.05) is 6.20 Å². The zero-order valence-electron chi connectivity index (χ0n) is 23.2. The van der Waals surface area contributed by atoms with E-state index in [0.29, 0.717) is 12.1 Å². The molecule has 2 aromatic carbocycles. The summed E-state index contributed by atoms with van der Waals surface area (Å²) < 4.78 is 0. The summed E-state index contributed by atoms with van der Waals surface area (Å²) in [6.45, 7) is 7.38. The van der Waals surface area contributed by atoms with Gasteiger partial charge >= 0.3 is 0 Å². The summed E-state index contributed by atoms with van der Waals surface area (Å²) in [5, 5.41) is 0. The van der Waals surface area contributed by atoms with Gasteiger partial charge in [-0.15, -0.1) is 0 Å². The van der Waals surface area contributed by atoms with Gasteiger partial charge in [-0.2, -0.15) is 0 Å². The monoisotopic (exact) mass is 506 g/mol. The number of anilines is 4. The highest BCUT2D eigenvalue weighted by molar-refractivity contribution is 5.84. The molecule has 6 nitrogen and oxygen atoms in total. The van der Waals surface area contributed by atoms with Crippen LogP contribution in [-0.2, 0) is 5.41 Å². The van der Waals surface area contributed by atoms with Crippen molar-refractivity contribution in [2.24, 2.45) is 5.41 Å². The molecule has 4 aliphatic heterocycles. The second-order valence-corrected chi connectivity index (χ2v) is 11.7. The third-order valence-electron chi connectivity index (χ3n) is 10.6. The Balaban J connectivity index is 1.53. The third kappa shape index (κ3) is 2.73. The molecule has 0 fully saturated rings. The van der Waals surface area contributed by atoms with Crippen molar-refractivity contribution in [2.75, 3.05) is 28.8 Å². The largest absolute Gasteiger partial charge is 0.359 e. The van der Waals surface area contributed by atoms with Gasteiger partial charge in [0.1, 0.15) is 24.3 Å².